The number of carboxylic acid groups (broad SMARTS) is 1. The molecule has 10 aromatic rings. The average Bonchev–Trinajstić information content (AvgIpc) is 1.45. The molecule has 102 heavy (non-hydrogen) atoms. The number of nitrogen functional groups attached to an aromatic ring is 1. The van der Waals surface area contributed by atoms with Crippen LogP contribution >= 0.6 is 56.2 Å². The zero-order chi connectivity index (χ0) is 74.8. The second-order valence-corrected chi connectivity index (χ2v) is 29.3. The number of hydrogen-bond donors (Lipinski definition) is 7. The maximum absolute atomic E-state index is 12.7. The van der Waals surface area contributed by atoms with Crippen LogP contribution in [-0.4, -0.2) is 96.0 Å². The lowest BCUT2D eigenvalue weighted by Crippen LogP contribution is -2.39. The Hall–Kier alpha value is -9.88. The van der Waals surface area contributed by atoms with Gasteiger partial charge in [-0.3, -0.25) is 39.8 Å². The minimum absolute atomic E-state index is 0.0226. The number of carboxylic acids is 1. The number of nitrogens with zero attached hydrogens (tertiary/aromatic N) is 7. The molecule has 0 saturated carbocycles. The third kappa shape index (κ3) is 17.2. The van der Waals surface area contributed by atoms with E-state index in [1.54, 1.807) is 65.0 Å². The largest absolute Gasteiger partial charge is 0.475 e. The van der Waals surface area contributed by atoms with Gasteiger partial charge in [0.1, 0.15) is 28.9 Å². The summed E-state index contributed by atoms with van der Waals surface area (Å²) in [7, 11) is 13.9. The van der Waals surface area contributed by atoms with Gasteiger partial charge in [-0.2, -0.15) is 10.2 Å². The quantitative estimate of drug-likeness (QED) is 0.0258. The molecule has 0 radical (unpaired) electrons. The molecule has 0 atom stereocenters. The van der Waals surface area contributed by atoms with E-state index in [0.29, 0.717) is 80.2 Å². The van der Waals surface area contributed by atoms with Gasteiger partial charge in [0.15, 0.2) is 17.1 Å². The monoisotopic (exact) mass is 1520 g/mol. The number of aromatic nitrogens is 6. The lowest BCUT2D eigenvalue weighted by molar-refractivity contribution is -0.120. The maximum Gasteiger partial charge on any atom is 0.374 e. The van der Waals surface area contributed by atoms with Gasteiger partial charge in [-0.1, -0.05) is 76.3 Å². The number of benzene rings is 3. The molecular weight excluding hydrogens is 1450 g/mol. The van der Waals surface area contributed by atoms with Crippen molar-refractivity contribution in [3.63, 3.8) is 0 Å². The summed E-state index contributed by atoms with van der Waals surface area (Å²) in [5.74, 6) is 5.30. The number of ether oxygens (including phenoxy) is 4. The molecule has 3 aliphatic rings. The van der Waals surface area contributed by atoms with E-state index in [2.05, 4.69) is 73.0 Å². The van der Waals surface area contributed by atoms with Crippen LogP contribution in [-0.2, 0) is 51.6 Å². The molecule has 13 rings (SSSR count). The fraction of sp³-hybridized carbons (Fsp3) is 0.294. The Kier molecular flexibility index (Phi) is 23.0. The van der Waals surface area contributed by atoms with Crippen LogP contribution in [0.2, 0.25) is 15.1 Å². The SMILES string of the molecule is CN1C(=O)CC(C)(C)c2cc(Oc3ccc(C(=O)O)o3)c(Cl)cc21.COC(=O)c1ccc(Oc2cc3c(cc2Cl)NC(=O)CC3(C)C)o1.Cc1cc(NN)nc2n[nH]c(C)c12.Cc1cc(NNC(=O)c2ccc(Oc3cc4c(cc3Cl)N(C)C(=O)CC4(C)C)o2)nc2c1c(C)nn2C.O=S(Cl)Cl. The van der Waals surface area contributed by atoms with E-state index in [-0.39, 0.29) is 69.1 Å². The number of hydrogen-bond acceptors (Lipinski definition) is 21. The number of H-pyrrole nitrogens is 1. The number of aryl methyl sites for hydroxylation is 5. The third-order valence-electron chi connectivity index (χ3n) is 16.6. The number of esters is 1. The number of nitrogens with one attached hydrogen (secondary N) is 5. The van der Waals surface area contributed by atoms with E-state index in [0.717, 1.165) is 61.4 Å². The van der Waals surface area contributed by atoms with Crippen molar-refractivity contribution >= 4 is 152 Å². The number of rotatable bonds is 12. The zero-order valence-corrected chi connectivity index (χ0v) is 62.0. The second kappa shape index (κ2) is 30.8. The standard InChI is InChI=1S/C26H27ClN6O4.2C17H16ClNO5.C8H11N5.Cl2OS/c1-13-9-20(28-24-23(13)14(2)31-33(24)6)29-30-25(35)18-7-8-22(36-18)37-19-10-15-17(11-16(19)27)32(5)21(34)12-26(15,3)4;1-17(2)8-14(20)19-11-7-10(18)13(6-9(11)17)24-15-5-4-12(23-15)16(21)22-3;1-17(2)8-14(20)19(3)11-7-10(18)13(6-9(11)17)24-15-5-4-12(23-15)16(21)22;1-4-3-6(11-9)10-8-7(4)5(2)12-13-8;1-4(2)3/h7-11H,12H2,1-6H3,(H,28,29)(H,30,35);4-7H,8H2,1-3H3,(H,19,20);4-7H,8H2,1-3H3,(H,21,22);3H,9H2,1-2H3,(H2,10,11,12,13);. The number of amides is 4. The van der Waals surface area contributed by atoms with Crippen molar-refractivity contribution < 1.29 is 70.3 Å². The van der Waals surface area contributed by atoms with Crippen molar-refractivity contribution in [3.8, 4) is 35.1 Å². The van der Waals surface area contributed by atoms with Gasteiger partial charge in [0.25, 0.3) is 17.8 Å². The topological polar surface area (TPSA) is 369 Å². The summed E-state index contributed by atoms with van der Waals surface area (Å²) in [6, 6.07) is 22.8. The van der Waals surface area contributed by atoms with E-state index >= 15 is 0 Å². The highest BCUT2D eigenvalue weighted by atomic mass is 36.0. The Labute approximate surface area is 610 Å². The normalized spacial score (nSPS) is 14.4. The number of carbonyl (C=O) groups is 6. The molecule has 10 heterocycles. The number of aromatic carboxylic acids is 1. The van der Waals surface area contributed by atoms with Gasteiger partial charge in [-0.25, -0.2) is 29.6 Å². The molecule has 538 valence electrons. The van der Waals surface area contributed by atoms with Gasteiger partial charge in [0.05, 0.1) is 27.9 Å². The first kappa shape index (κ1) is 76.3. The van der Waals surface area contributed by atoms with Crippen LogP contribution in [0.4, 0.5) is 28.7 Å². The van der Waals surface area contributed by atoms with E-state index in [1.807, 2.05) is 94.5 Å². The van der Waals surface area contributed by atoms with Crippen molar-refractivity contribution in [2.45, 2.75) is 105 Å². The molecule has 4 amide bonds. The molecule has 0 aliphatic carbocycles. The average molecular weight is 1520 g/mol. The molecule has 0 unspecified atom stereocenters. The number of furan rings is 3. The van der Waals surface area contributed by atoms with Crippen LogP contribution < -0.4 is 51.4 Å². The summed E-state index contributed by atoms with van der Waals surface area (Å²) in [6.07, 6.45) is 1.12. The summed E-state index contributed by atoms with van der Waals surface area (Å²) in [6.45, 7) is 19.8. The lowest BCUT2D eigenvalue weighted by atomic mass is 9.77. The van der Waals surface area contributed by atoms with Crippen LogP contribution in [0.3, 0.4) is 0 Å². The van der Waals surface area contributed by atoms with Crippen LogP contribution in [0.15, 0.2) is 98.2 Å². The molecule has 0 fully saturated rings. The van der Waals surface area contributed by atoms with E-state index in [9.17, 15) is 28.8 Å². The fourth-order valence-electron chi connectivity index (χ4n) is 11.6. The summed E-state index contributed by atoms with van der Waals surface area (Å²) in [5, 5.41) is 26.0. The lowest BCUT2D eigenvalue weighted by Gasteiger charge is -2.37. The Morgan fingerprint density at radius 1 is 0.637 bits per heavy atom. The first-order valence-corrected chi connectivity index (χ1v) is 34.7. The summed E-state index contributed by atoms with van der Waals surface area (Å²) >= 11 is 19.0. The fourth-order valence-corrected chi connectivity index (χ4v) is 12.2. The highest BCUT2D eigenvalue weighted by Gasteiger charge is 2.39. The number of methoxy groups -OCH3 is 1. The van der Waals surface area contributed by atoms with Crippen molar-refractivity contribution in [2.75, 3.05) is 47.2 Å². The number of aromatic amines is 1. The summed E-state index contributed by atoms with van der Waals surface area (Å²) in [4.78, 5) is 83.1. The minimum atomic E-state index is -1.67. The molecular formula is C68H70Cl5N13O15S. The number of anilines is 5. The first-order valence-electron chi connectivity index (χ1n) is 30.8. The van der Waals surface area contributed by atoms with Gasteiger partial charge in [0.2, 0.25) is 38.5 Å². The molecule has 34 heteroatoms. The van der Waals surface area contributed by atoms with Gasteiger partial charge in [-0.05, 0) is 122 Å². The molecule has 8 N–H and O–H groups in total. The maximum atomic E-state index is 12.7. The van der Waals surface area contributed by atoms with Crippen LogP contribution in [0.25, 0.3) is 22.1 Å². The number of pyridine rings is 2. The first-order chi connectivity index (χ1) is 47.9. The van der Waals surface area contributed by atoms with Crippen molar-refractivity contribution in [3.05, 3.63) is 156 Å². The number of hydrazine groups is 2. The third-order valence-corrected chi connectivity index (χ3v) is 17.5. The van der Waals surface area contributed by atoms with Gasteiger partial charge in [-0.15, -0.1) is 0 Å². The summed E-state index contributed by atoms with van der Waals surface area (Å²) < 4.78 is 48.5. The van der Waals surface area contributed by atoms with E-state index < -0.39 is 27.1 Å². The predicted molar refractivity (Wildman–Crippen MR) is 387 cm³/mol. The zero-order valence-electron chi connectivity index (χ0n) is 57.4. The van der Waals surface area contributed by atoms with E-state index in [4.69, 9.17) is 77.4 Å². The molecule has 28 nitrogen and oxygen atoms in total. The predicted octanol–water partition coefficient (Wildman–Crippen LogP) is 15.1. The van der Waals surface area contributed by atoms with Gasteiger partial charge < -0.3 is 57.8 Å². The number of fused-ring (bicyclic) bond motifs is 5. The summed E-state index contributed by atoms with van der Waals surface area (Å²) in [5.41, 5.74) is 17.2. The van der Waals surface area contributed by atoms with Crippen molar-refractivity contribution in [1.29, 1.82) is 0 Å². The number of carbonyl (C=O) groups excluding carboxylic acids is 5. The van der Waals surface area contributed by atoms with Crippen LogP contribution in [0.1, 0.15) is 132 Å². The highest BCUT2D eigenvalue weighted by Crippen LogP contribution is 2.48. The van der Waals surface area contributed by atoms with Crippen LogP contribution in [0.5, 0.6) is 35.1 Å². The minimum Gasteiger partial charge on any atom is -0.475 e. The molecule has 3 aliphatic heterocycles. The Morgan fingerprint density at radius 3 is 1.61 bits per heavy atom. The second-order valence-electron chi connectivity index (χ2n) is 25.5. The molecule has 0 spiro atoms. The van der Waals surface area contributed by atoms with E-state index in [1.165, 1.54) is 37.4 Å². The van der Waals surface area contributed by atoms with Crippen LogP contribution in [0, 0.1) is 27.7 Å². The molecule has 0 bridgehead atoms. The number of nitrogens with two attached hydrogens (primary N) is 1. The highest BCUT2D eigenvalue weighted by molar-refractivity contribution is 8.26. The molecule has 3 aromatic carbocycles. The Morgan fingerprint density at radius 2 is 1.10 bits per heavy atom. The smallest absolute Gasteiger partial charge is 0.374 e. The van der Waals surface area contributed by atoms with Crippen molar-refractivity contribution in [2.24, 2.45) is 12.9 Å². The Balaban J connectivity index is 0.000000163. The van der Waals surface area contributed by atoms with Gasteiger partial charge >= 0.3 is 17.8 Å². The molecule has 0 saturated heterocycles. The van der Waals surface area contributed by atoms with Crippen molar-refractivity contribution in [1.82, 2.24) is 35.4 Å². The Bertz CT molecular complexity index is 4960. The number of halogens is 5. The molecule has 7 aromatic heterocycles. The van der Waals surface area contributed by atoms with Gasteiger partial charge in [0, 0.05) is 130 Å².